The molecule has 0 amide bonds. The van der Waals surface area contributed by atoms with Crippen molar-refractivity contribution in [3.8, 4) is 0 Å². The SMILES string of the molecule is CC1OC(C)C(C(=O)C2=CCCO2)C1C. The number of Topliss-reactive ketones (excluding diaryl/α,β-unsaturated/α-hetero) is 1. The minimum absolute atomic E-state index is 0.00704. The quantitative estimate of drug-likeness (QED) is 0.698. The molecule has 2 rings (SSSR count). The molecule has 2 aliphatic heterocycles. The molecule has 0 bridgehead atoms. The molecule has 1 fully saturated rings. The molecule has 84 valence electrons. The fraction of sp³-hybridized carbons (Fsp3) is 0.750. The third-order valence-corrected chi connectivity index (χ3v) is 3.49. The largest absolute Gasteiger partial charge is 0.490 e. The average molecular weight is 210 g/mol. The molecule has 0 spiro atoms. The van der Waals surface area contributed by atoms with E-state index in [1.807, 2.05) is 19.9 Å². The van der Waals surface area contributed by atoms with Gasteiger partial charge in [-0.2, -0.15) is 0 Å². The van der Waals surface area contributed by atoms with Gasteiger partial charge >= 0.3 is 0 Å². The summed E-state index contributed by atoms with van der Waals surface area (Å²) in [5, 5.41) is 0. The van der Waals surface area contributed by atoms with E-state index in [9.17, 15) is 4.79 Å². The van der Waals surface area contributed by atoms with Crippen molar-refractivity contribution in [2.45, 2.75) is 39.4 Å². The molecular formula is C12H18O3. The van der Waals surface area contributed by atoms with Crippen LogP contribution in [0.1, 0.15) is 27.2 Å². The van der Waals surface area contributed by atoms with Gasteiger partial charge in [0.2, 0.25) is 5.78 Å². The van der Waals surface area contributed by atoms with Gasteiger partial charge in [-0.1, -0.05) is 6.92 Å². The van der Waals surface area contributed by atoms with Gasteiger partial charge in [0.25, 0.3) is 0 Å². The molecule has 4 unspecified atom stereocenters. The van der Waals surface area contributed by atoms with Gasteiger partial charge in [0, 0.05) is 6.42 Å². The molecule has 0 aliphatic carbocycles. The van der Waals surface area contributed by atoms with Gasteiger partial charge in [0.15, 0.2) is 5.76 Å². The van der Waals surface area contributed by atoms with Crippen LogP contribution in [0.5, 0.6) is 0 Å². The molecule has 15 heavy (non-hydrogen) atoms. The molecular weight excluding hydrogens is 192 g/mol. The van der Waals surface area contributed by atoms with Crippen LogP contribution >= 0.6 is 0 Å². The molecule has 0 radical (unpaired) electrons. The van der Waals surface area contributed by atoms with E-state index in [0.717, 1.165) is 6.42 Å². The molecule has 3 nitrogen and oxygen atoms in total. The van der Waals surface area contributed by atoms with Crippen molar-refractivity contribution in [3.05, 3.63) is 11.8 Å². The summed E-state index contributed by atoms with van der Waals surface area (Å²) in [5.74, 6) is 0.912. The van der Waals surface area contributed by atoms with Crippen molar-refractivity contribution in [1.29, 1.82) is 0 Å². The smallest absolute Gasteiger partial charge is 0.203 e. The predicted octanol–water partition coefficient (Wildman–Crippen LogP) is 1.92. The number of hydrogen-bond donors (Lipinski definition) is 0. The van der Waals surface area contributed by atoms with E-state index in [4.69, 9.17) is 9.47 Å². The van der Waals surface area contributed by atoms with Crippen LogP contribution in [0.15, 0.2) is 11.8 Å². The van der Waals surface area contributed by atoms with Crippen molar-refractivity contribution in [3.63, 3.8) is 0 Å². The van der Waals surface area contributed by atoms with Gasteiger partial charge < -0.3 is 9.47 Å². The van der Waals surface area contributed by atoms with Crippen LogP contribution in [-0.2, 0) is 14.3 Å². The third kappa shape index (κ3) is 1.81. The zero-order chi connectivity index (χ0) is 11.0. The molecule has 4 atom stereocenters. The number of allylic oxidation sites excluding steroid dienone is 1. The van der Waals surface area contributed by atoms with E-state index in [1.165, 1.54) is 0 Å². The Bertz CT molecular complexity index is 295. The maximum Gasteiger partial charge on any atom is 0.203 e. The van der Waals surface area contributed by atoms with Crippen molar-refractivity contribution < 1.29 is 14.3 Å². The maximum absolute atomic E-state index is 12.1. The number of hydrogen-bond acceptors (Lipinski definition) is 3. The van der Waals surface area contributed by atoms with Gasteiger partial charge in [0.1, 0.15) is 0 Å². The second-order valence-electron chi connectivity index (χ2n) is 4.50. The Morgan fingerprint density at radius 2 is 2.07 bits per heavy atom. The number of ether oxygens (including phenoxy) is 2. The van der Waals surface area contributed by atoms with Gasteiger partial charge in [-0.3, -0.25) is 4.79 Å². The Morgan fingerprint density at radius 3 is 2.53 bits per heavy atom. The molecule has 2 heterocycles. The first-order valence-corrected chi connectivity index (χ1v) is 5.64. The Hall–Kier alpha value is -0.830. The van der Waals surface area contributed by atoms with Gasteiger partial charge in [-0.05, 0) is 25.8 Å². The normalized spacial score (nSPS) is 40.1. The lowest BCUT2D eigenvalue weighted by Gasteiger charge is -2.17. The van der Waals surface area contributed by atoms with Crippen LogP contribution < -0.4 is 0 Å². The molecule has 0 aromatic rings. The van der Waals surface area contributed by atoms with Crippen LogP contribution in [0.25, 0.3) is 0 Å². The monoisotopic (exact) mass is 210 g/mol. The molecule has 0 aromatic heterocycles. The lowest BCUT2D eigenvalue weighted by atomic mass is 9.85. The standard InChI is InChI=1S/C12H18O3/c1-7-8(2)15-9(3)11(7)12(13)10-5-4-6-14-10/h5,7-9,11H,4,6H2,1-3H3. The minimum atomic E-state index is -0.0376. The summed E-state index contributed by atoms with van der Waals surface area (Å²) in [6.45, 7) is 6.72. The van der Waals surface area contributed by atoms with Crippen molar-refractivity contribution in [2.24, 2.45) is 11.8 Å². The molecule has 0 saturated carbocycles. The van der Waals surface area contributed by atoms with E-state index in [2.05, 4.69) is 6.92 Å². The van der Waals surface area contributed by atoms with Crippen LogP contribution in [-0.4, -0.2) is 24.6 Å². The Labute approximate surface area is 90.4 Å². The summed E-state index contributed by atoms with van der Waals surface area (Å²) >= 11 is 0. The first kappa shape index (κ1) is 10.7. The molecule has 0 N–H and O–H groups in total. The first-order chi connectivity index (χ1) is 7.11. The Morgan fingerprint density at radius 1 is 1.33 bits per heavy atom. The van der Waals surface area contributed by atoms with Gasteiger partial charge in [-0.25, -0.2) is 0 Å². The van der Waals surface area contributed by atoms with Gasteiger partial charge in [-0.15, -0.1) is 0 Å². The van der Waals surface area contributed by atoms with Gasteiger partial charge in [0.05, 0.1) is 24.7 Å². The number of ketones is 1. The van der Waals surface area contributed by atoms with Crippen LogP contribution in [0.3, 0.4) is 0 Å². The van der Waals surface area contributed by atoms with Crippen molar-refractivity contribution in [1.82, 2.24) is 0 Å². The van der Waals surface area contributed by atoms with E-state index in [-0.39, 0.29) is 29.8 Å². The lowest BCUT2D eigenvalue weighted by molar-refractivity contribution is -0.124. The van der Waals surface area contributed by atoms with Crippen LogP contribution in [0.2, 0.25) is 0 Å². The summed E-state index contributed by atoms with van der Waals surface area (Å²) in [4.78, 5) is 12.1. The van der Waals surface area contributed by atoms with Crippen molar-refractivity contribution in [2.75, 3.05) is 6.61 Å². The fourth-order valence-electron chi connectivity index (χ4n) is 2.47. The summed E-state index contributed by atoms with van der Waals surface area (Å²) in [7, 11) is 0. The summed E-state index contributed by atoms with van der Waals surface area (Å²) in [6.07, 6.45) is 2.92. The topological polar surface area (TPSA) is 35.5 Å². The number of carbonyl (C=O) groups excluding carboxylic acids is 1. The summed E-state index contributed by atoms with van der Waals surface area (Å²) in [5.41, 5.74) is 0. The molecule has 2 aliphatic rings. The van der Waals surface area contributed by atoms with E-state index in [0.29, 0.717) is 12.4 Å². The van der Waals surface area contributed by atoms with E-state index >= 15 is 0 Å². The van der Waals surface area contributed by atoms with E-state index in [1.54, 1.807) is 0 Å². The summed E-state index contributed by atoms with van der Waals surface area (Å²) in [6, 6.07) is 0. The highest BCUT2D eigenvalue weighted by atomic mass is 16.5. The van der Waals surface area contributed by atoms with Crippen molar-refractivity contribution >= 4 is 5.78 Å². The summed E-state index contributed by atoms with van der Waals surface area (Å²) < 4.78 is 11.0. The molecule has 0 aromatic carbocycles. The number of rotatable bonds is 2. The minimum Gasteiger partial charge on any atom is -0.490 e. The van der Waals surface area contributed by atoms with Crippen LogP contribution in [0, 0.1) is 11.8 Å². The highest BCUT2D eigenvalue weighted by Gasteiger charge is 2.43. The van der Waals surface area contributed by atoms with Crippen LogP contribution in [0.4, 0.5) is 0 Å². The number of carbonyl (C=O) groups is 1. The lowest BCUT2D eigenvalue weighted by Crippen LogP contribution is -2.28. The predicted molar refractivity (Wildman–Crippen MR) is 56.3 cm³/mol. The molecule has 1 saturated heterocycles. The zero-order valence-electron chi connectivity index (χ0n) is 9.53. The first-order valence-electron chi connectivity index (χ1n) is 5.64. The van der Waals surface area contributed by atoms with E-state index < -0.39 is 0 Å². The average Bonchev–Trinajstić information content (AvgIpc) is 2.76. The molecule has 3 heteroatoms. The Kier molecular flexibility index (Phi) is 2.83. The Balaban J connectivity index is 2.12. The zero-order valence-corrected chi connectivity index (χ0v) is 9.53. The highest BCUT2D eigenvalue weighted by Crippen LogP contribution is 2.35. The highest BCUT2D eigenvalue weighted by molar-refractivity contribution is 5.96. The second-order valence-corrected chi connectivity index (χ2v) is 4.50. The third-order valence-electron chi connectivity index (χ3n) is 3.49. The fourth-order valence-corrected chi connectivity index (χ4v) is 2.47. The second kappa shape index (κ2) is 3.97. The maximum atomic E-state index is 12.1.